The molecule has 9 nitrogen and oxygen atoms in total. The molecule has 2 amide bonds. The smallest absolute Gasteiger partial charge is 0.326 e. The van der Waals surface area contributed by atoms with Gasteiger partial charge in [0.15, 0.2) is 11.7 Å². The molecule has 1 atom stereocenters. The van der Waals surface area contributed by atoms with E-state index < -0.39 is 40.1 Å². The molecule has 1 aliphatic heterocycles. The first kappa shape index (κ1) is 17.3. The van der Waals surface area contributed by atoms with E-state index in [0.717, 1.165) is 13.0 Å². The summed E-state index contributed by atoms with van der Waals surface area (Å²) in [6.45, 7) is 2.28. The minimum Gasteiger partial charge on any atom is -0.465 e. The van der Waals surface area contributed by atoms with E-state index in [1.807, 2.05) is 0 Å². The molecular formula is C15H14N2O7. The van der Waals surface area contributed by atoms with Crippen LogP contribution in [0.15, 0.2) is 18.2 Å². The fraction of sp³-hybridized carbons (Fsp3) is 0.333. The lowest BCUT2D eigenvalue weighted by molar-refractivity contribution is -0.385. The van der Waals surface area contributed by atoms with E-state index in [1.165, 1.54) is 19.1 Å². The molecule has 0 aliphatic carbocycles. The number of ether oxygens (including phenoxy) is 1. The van der Waals surface area contributed by atoms with Gasteiger partial charge in [-0.1, -0.05) is 12.1 Å². The van der Waals surface area contributed by atoms with Gasteiger partial charge in [-0.15, -0.1) is 0 Å². The van der Waals surface area contributed by atoms with Crippen molar-refractivity contribution in [3.8, 4) is 0 Å². The van der Waals surface area contributed by atoms with Crippen LogP contribution in [0, 0.1) is 16.0 Å². The number of nitro benzene ring substituents is 1. The predicted octanol–water partition coefficient (Wildman–Crippen LogP) is 0.845. The van der Waals surface area contributed by atoms with Gasteiger partial charge in [-0.25, -0.2) is 0 Å². The molecule has 0 radical (unpaired) electrons. The molecule has 1 aromatic rings. The summed E-state index contributed by atoms with van der Waals surface area (Å²) >= 11 is 0. The first-order valence-corrected chi connectivity index (χ1v) is 7.08. The molecule has 9 heteroatoms. The third kappa shape index (κ3) is 2.87. The highest BCUT2D eigenvalue weighted by Gasteiger charge is 2.44. The quantitative estimate of drug-likeness (QED) is 0.338. The van der Waals surface area contributed by atoms with Crippen molar-refractivity contribution in [1.29, 1.82) is 0 Å². The number of carbonyl (C=O) groups excluding carboxylic acids is 4. The third-order valence-electron chi connectivity index (χ3n) is 3.55. The Morgan fingerprint density at radius 3 is 2.58 bits per heavy atom. The minimum atomic E-state index is -1.76. The number of carbonyl (C=O) groups is 4. The van der Waals surface area contributed by atoms with Gasteiger partial charge < -0.3 is 4.74 Å². The Labute approximate surface area is 136 Å². The number of esters is 1. The van der Waals surface area contributed by atoms with E-state index in [2.05, 4.69) is 0 Å². The maximum atomic E-state index is 12.5. The molecule has 0 saturated carbocycles. The monoisotopic (exact) mass is 334 g/mol. The highest BCUT2D eigenvalue weighted by Crippen LogP contribution is 2.31. The molecule has 0 spiro atoms. The highest BCUT2D eigenvalue weighted by molar-refractivity contribution is 6.21. The number of benzene rings is 1. The Morgan fingerprint density at radius 1 is 1.38 bits per heavy atom. The lowest BCUT2D eigenvalue weighted by Gasteiger charge is -2.18. The number of ketones is 1. The molecule has 0 N–H and O–H groups in total. The van der Waals surface area contributed by atoms with Crippen LogP contribution in [-0.4, -0.2) is 40.0 Å². The Balaban J connectivity index is 2.37. The first-order chi connectivity index (χ1) is 11.3. The summed E-state index contributed by atoms with van der Waals surface area (Å²) in [6, 6.07) is 4.02. The van der Waals surface area contributed by atoms with Crippen LogP contribution in [0.2, 0.25) is 0 Å². The van der Waals surface area contributed by atoms with E-state index in [-0.39, 0.29) is 24.3 Å². The third-order valence-corrected chi connectivity index (χ3v) is 3.55. The zero-order valence-corrected chi connectivity index (χ0v) is 13.0. The standard InChI is InChI=1S/C15H14N2O7/c1-3-24-15(21)11(8(2)18)13(19)16-7-9-5-4-6-10(17(22)23)12(9)14(16)20/h4-6,11H,3,7H2,1-2H3. The Morgan fingerprint density at radius 2 is 2.04 bits per heavy atom. The predicted molar refractivity (Wildman–Crippen MR) is 78.8 cm³/mol. The minimum absolute atomic E-state index is 0.0322. The molecule has 0 saturated heterocycles. The van der Waals surface area contributed by atoms with E-state index in [1.54, 1.807) is 0 Å². The molecule has 0 aromatic heterocycles. The lowest BCUT2D eigenvalue weighted by Crippen LogP contribution is -2.43. The second-order valence-corrected chi connectivity index (χ2v) is 5.09. The lowest BCUT2D eigenvalue weighted by atomic mass is 10.0. The number of fused-ring (bicyclic) bond motifs is 1. The maximum Gasteiger partial charge on any atom is 0.326 e. The molecule has 0 bridgehead atoms. The van der Waals surface area contributed by atoms with Crippen LogP contribution in [0.4, 0.5) is 5.69 Å². The Kier molecular flexibility index (Phi) is 4.72. The van der Waals surface area contributed by atoms with Crippen molar-refractivity contribution in [2.75, 3.05) is 6.61 Å². The topological polar surface area (TPSA) is 124 Å². The molecule has 1 aliphatic rings. The molecule has 24 heavy (non-hydrogen) atoms. The summed E-state index contributed by atoms with van der Waals surface area (Å²) in [7, 11) is 0. The summed E-state index contributed by atoms with van der Waals surface area (Å²) in [4.78, 5) is 59.3. The average molecular weight is 334 g/mol. The number of amides is 2. The molecule has 1 unspecified atom stereocenters. The molecule has 1 heterocycles. The maximum absolute atomic E-state index is 12.5. The van der Waals surface area contributed by atoms with Crippen LogP contribution >= 0.6 is 0 Å². The molecular weight excluding hydrogens is 320 g/mol. The SMILES string of the molecule is CCOC(=O)C(C(C)=O)C(=O)N1Cc2cccc([N+](=O)[O-])c2C1=O. The summed E-state index contributed by atoms with van der Waals surface area (Å²) in [6.07, 6.45) is 0. The van der Waals surface area contributed by atoms with E-state index >= 15 is 0 Å². The van der Waals surface area contributed by atoms with E-state index in [9.17, 15) is 29.3 Å². The van der Waals surface area contributed by atoms with E-state index in [4.69, 9.17) is 4.74 Å². The van der Waals surface area contributed by atoms with Crippen LogP contribution < -0.4 is 0 Å². The second kappa shape index (κ2) is 6.57. The number of Topliss-reactive ketones (excluding diaryl/α,β-unsaturated/α-hetero) is 1. The summed E-state index contributed by atoms with van der Waals surface area (Å²) in [5, 5.41) is 11.0. The van der Waals surface area contributed by atoms with Crippen molar-refractivity contribution >= 4 is 29.3 Å². The summed E-state index contributed by atoms with van der Waals surface area (Å²) in [5.74, 6) is -5.53. The van der Waals surface area contributed by atoms with Crippen molar-refractivity contribution < 1.29 is 28.8 Å². The van der Waals surface area contributed by atoms with Crippen LogP contribution in [0.5, 0.6) is 0 Å². The zero-order chi connectivity index (χ0) is 18.0. The van der Waals surface area contributed by atoms with Crippen molar-refractivity contribution in [1.82, 2.24) is 4.90 Å². The van der Waals surface area contributed by atoms with Gasteiger partial charge >= 0.3 is 5.97 Å². The number of hydrogen-bond acceptors (Lipinski definition) is 7. The molecule has 0 fully saturated rings. The van der Waals surface area contributed by atoms with Gasteiger partial charge in [-0.2, -0.15) is 0 Å². The number of hydrogen-bond donors (Lipinski definition) is 0. The van der Waals surface area contributed by atoms with E-state index in [0.29, 0.717) is 4.90 Å². The number of imide groups is 1. The summed E-state index contributed by atoms with van der Waals surface area (Å²) in [5.41, 5.74) is -0.348. The number of nitrogens with zero attached hydrogens (tertiary/aromatic N) is 2. The Bertz CT molecular complexity index is 756. The van der Waals surface area contributed by atoms with Crippen LogP contribution in [0.3, 0.4) is 0 Å². The summed E-state index contributed by atoms with van der Waals surface area (Å²) < 4.78 is 4.69. The first-order valence-electron chi connectivity index (χ1n) is 7.08. The van der Waals surface area contributed by atoms with Crippen LogP contribution in [0.1, 0.15) is 29.8 Å². The number of nitro groups is 1. The van der Waals surface area contributed by atoms with Gasteiger partial charge in [0.05, 0.1) is 18.1 Å². The number of rotatable bonds is 5. The molecule has 2 rings (SSSR count). The largest absolute Gasteiger partial charge is 0.465 e. The fourth-order valence-electron chi connectivity index (χ4n) is 2.49. The molecule has 1 aromatic carbocycles. The van der Waals surface area contributed by atoms with Gasteiger partial charge in [-0.05, 0) is 19.4 Å². The average Bonchev–Trinajstić information content (AvgIpc) is 2.84. The van der Waals surface area contributed by atoms with Crippen LogP contribution in [0.25, 0.3) is 0 Å². The van der Waals surface area contributed by atoms with Crippen molar-refractivity contribution in [2.24, 2.45) is 5.92 Å². The van der Waals surface area contributed by atoms with Gasteiger partial charge in [-0.3, -0.25) is 34.2 Å². The zero-order valence-electron chi connectivity index (χ0n) is 13.0. The van der Waals surface area contributed by atoms with Crippen molar-refractivity contribution in [3.63, 3.8) is 0 Å². The normalized spacial score (nSPS) is 14.1. The highest BCUT2D eigenvalue weighted by atomic mass is 16.6. The van der Waals surface area contributed by atoms with Crippen molar-refractivity contribution in [3.05, 3.63) is 39.4 Å². The van der Waals surface area contributed by atoms with Gasteiger partial charge in [0.25, 0.3) is 17.5 Å². The van der Waals surface area contributed by atoms with Gasteiger partial charge in [0.2, 0.25) is 0 Å². The van der Waals surface area contributed by atoms with Crippen LogP contribution in [-0.2, 0) is 25.7 Å². The van der Waals surface area contributed by atoms with Gasteiger partial charge in [0.1, 0.15) is 5.56 Å². The fourth-order valence-corrected chi connectivity index (χ4v) is 2.49. The molecule has 126 valence electrons. The second-order valence-electron chi connectivity index (χ2n) is 5.09. The Hall–Kier alpha value is -3.10. The van der Waals surface area contributed by atoms with Gasteiger partial charge in [0, 0.05) is 6.07 Å². The van der Waals surface area contributed by atoms with Crippen molar-refractivity contribution in [2.45, 2.75) is 20.4 Å².